The molecule has 5 nitrogen and oxygen atoms in total. The summed E-state index contributed by atoms with van der Waals surface area (Å²) in [6, 6.07) is 18.2. The topological polar surface area (TPSA) is 67.4 Å². The molecule has 0 spiro atoms. The summed E-state index contributed by atoms with van der Waals surface area (Å²) in [4.78, 5) is 24.8. The third kappa shape index (κ3) is 4.10. The minimum absolute atomic E-state index is 0.262. The summed E-state index contributed by atoms with van der Waals surface area (Å²) in [6.45, 7) is 2.01. The molecule has 1 heterocycles. The van der Waals surface area contributed by atoms with Crippen LogP contribution in [0.3, 0.4) is 0 Å². The average molecular weight is 366 g/mol. The Morgan fingerprint density at radius 3 is 2.27 bits per heavy atom. The van der Waals surface area contributed by atoms with Crippen molar-refractivity contribution in [1.29, 1.82) is 0 Å². The molecule has 2 N–H and O–H groups in total. The lowest BCUT2D eigenvalue weighted by Gasteiger charge is -2.09. The third-order valence-electron chi connectivity index (χ3n) is 3.61. The average Bonchev–Trinajstić information content (AvgIpc) is 3.07. The molecule has 2 amide bonds. The maximum atomic E-state index is 12.5. The van der Waals surface area contributed by atoms with Crippen LogP contribution in [0.1, 0.15) is 17.3 Å². The first kappa shape index (κ1) is 17.7. The largest absolute Gasteiger partial charge is 0.462 e. The van der Waals surface area contributed by atoms with Crippen LogP contribution >= 0.6 is 11.3 Å². The highest BCUT2D eigenvalue weighted by Gasteiger charge is 2.22. The molecule has 0 aliphatic rings. The van der Waals surface area contributed by atoms with E-state index in [1.807, 2.05) is 53.9 Å². The number of esters is 1. The number of hydrogen-bond donors (Lipinski definition) is 2. The molecule has 0 aliphatic carbocycles. The number of urea groups is 1. The minimum Gasteiger partial charge on any atom is -0.462 e. The van der Waals surface area contributed by atoms with Gasteiger partial charge in [0.15, 0.2) is 0 Å². The second-order valence-corrected chi connectivity index (χ2v) is 6.26. The Kier molecular flexibility index (Phi) is 5.66. The van der Waals surface area contributed by atoms with Gasteiger partial charge in [-0.2, -0.15) is 0 Å². The number of rotatable bonds is 5. The van der Waals surface area contributed by atoms with Gasteiger partial charge >= 0.3 is 12.0 Å². The zero-order valence-corrected chi connectivity index (χ0v) is 15.0. The Morgan fingerprint density at radius 2 is 1.62 bits per heavy atom. The summed E-state index contributed by atoms with van der Waals surface area (Å²) >= 11 is 1.29. The number of para-hydroxylation sites is 1. The highest BCUT2D eigenvalue weighted by Crippen LogP contribution is 2.36. The monoisotopic (exact) mass is 366 g/mol. The minimum atomic E-state index is -0.456. The van der Waals surface area contributed by atoms with Crippen molar-refractivity contribution in [2.45, 2.75) is 6.92 Å². The van der Waals surface area contributed by atoms with Crippen molar-refractivity contribution < 1.29 is 14.3 Å². The van der Waals surface area contributed by atoms with E-state index in [1.165, 1.54) is 11.3 Å². The summed E-state index contributed by atoms with van der Waals surface area (Å²) < 4.78 is 5.18. The van der Waals surface area contributed by atoms with Gasteiger partial charge in [-0.15, -0.1) is 11.3 Å². The highest BCUT2D eigenvalue weighted by atomic mass is 32.1. The first-order valence-electron chi connectivity index (χ1n) is 8.16. The van der Waals surface area contributed by atoms with Crippen molar-refractivity contribution in [2.75, 3.05) is 17.2 Å². The molecule has 0 saturated heterocycles. The fourth-order valence-corrected chi connectivity index (χ4v) is 3.43. The lowest BCUT2D eigenvalue weighted by Crippen LogP contribution is -2.20. The van der Waals surface area contributed by atoms with E-state index in [0.29, 0.717) is 16.3 Å². The van der Waals surface area contributed by atoms with Gasteiger partial charge < -0.3 is 10.1 Å². The van der Waals surface area contributed by atoms with E-state index >= 15 is 0 Å². The quantitative estimate of drug-likeness (QED) is 0.607. The Hall–Kier alpha value is -3.12. The van der Waals surface area contributed by atoms with Crippen LogP contribution < -0.4 is 10.6 Å². The van der Waals surface area contributed by atoms with E-state index in [1.54, 1.807) is 19.1 Å². The third-order valence-corrected chi connectivity index (χ3v) is 4.51. The van der Waals surface area contributed by atoms with Crippen LogP contribution in [0.25, 0.3) is 11.1 Å². The molecule has 0 atom stereocenters. The molecule has 132 valence electrons. The number of amides is 2. The summed E-state index contributed by atoms with van der Waals surface area (Å²) in [7, 11) is 0. The van der Waals surface area contributed by atoms with Crippen molar-refractivity contribution in [3.8, 4) is 11.1 Å². The number of benzene rings is 2. The Bertz CT molecular complexity index is 892. The summed E-state index contributed by atoms with van der Waals surface area (Å²) in [5, 5.41) is 7.80. The summed E-state index contributed by atoms with van der Waals surface area (Å²) in [6.07, 6.45) is 0. The second kappa shape index (κ2) is 8.31. The van der Waals surface area contributed by atoms with E-state index < -0.39 is 12.0 Å². The van der Waals surface area contributed by atoms with Crippen LogP contribution in [0.2, 0.25) is 0 Å². The van der Waals surface area contributed by atoms with Crippen LogP contribution in [-0.4, -0.2) is 18.6 Å². The zero-order chi connectivity index (χ0) is 18.4. The van der Waals surface area contributed by atoms with Gasteiger partial charge in [0.2, 0.25) is 0 Å². The fraction of sp³-hybridized carbons (Fsp3) is 0.100. The van der Waals surface area contributed by atoms with Crippen molar-refractivity contribution in [3.63, 3.8) is 0 Å². The number of carbonyl (C=O) groups excluding carboxylic acids is 2. The predicted molar refractivity (Wildman–Crippen MR) is 105 cm³/mol. The van der Waals surface area contributed by atoms with Crippen LogP contribution in [0.15, 0.2) is 66.0 Å². The number of nitrogens with one attached hydrogen (secondary N) is 2. The molecular formula is C20H18N2O3S. The molecule has 3 aromatic rings. The van der Waals surface area contributed by atoms with E-state index in [9.17, 15) is 9.59 Å². The molecule has 26 heavy (non-hydrogen) atoms. The molecular weight excluding hydrogens is 348 g/mol. The highest BCUT2D eigenvalue weighted by molar-refractivity contribution is 7.15. The lowest BCUT2D eigenvalue weighted by molar-refractivity contribution is 0.0529. The van der Waals surface area contributed by atoms with Gasteiger partial charge in [0, 0.05) is 16.6 Å². The number of anilines is 2. The molecule has 6 heteroatoms. The Balaban J connectivity index is 1.88. The zero-order valence-electron chi connectivity index (χ0n) is 14.2. The van der Waals surface area contributed by atoms with Gasteiger partial charge in [0.05, 0.1) is 6.61 Å². The van der Waals surface area contributed by atoms with E-state index in [4.69, 9.17) is 4.74 Å². The van der Waals surface area contributed by atoms with Gasteiger partial charge in [0.25, 0.3) is 0 Å². The molecule has 0 radical (unpaired) electrons. The maximum absolute atomic E-state index is 12.5. The van der Waals surface area contributed by atoms with Crippen molar-refractivity contribution in [3.05, 3.63) is 71.6 Å². The van der Waals surface area contributed by atoms with E-state index in [0.717, 1.165) is 11.1 Å². The molecule has 0 saturated carbocycles. The van der Waals surface area contributed by atoms with Gasteiger partial charge in [-0.1, -0.05) is 48.5 Å². The number of carbonyl (C=O) groups is 2. The van der Waals surface area contributed by atoms with Gasteiger partial charge in [-0.3, -0.25) is 5.32 Å². The molecule has 0 fully saturated rings. The van der Waals surface area contributed by atoms with Crippen molar-refractivity contribution in [1.82, 2.24) is 0 Å². The molecule has 0 unspecified atom stereocenters. The second-order valence-electron chi connectivity index (χ2n) is 5.39. The van der Waals surface area contributed by atoms with Crippen LogP contribution in [0.5, 0.6) is 0 Å². The van der Waals surface area contributed by atoms with Crippen LogP contribution in [0, 0.1) is 0 Å². The summed E-state index contributed by atoms with van der Waals surface area (Å²) in [5.41, 5.74) is 2.67. The molecule has 3 rings (SSSR count). The number of thiophene rings is 1. The standard InChI is InChI=1S/C20H18N2O3S/c1-2-25-19(23)17-16(14-9-5-3-6-10-14)13-26-18(17)22-20(24)21-15-11-7-4-8-12-15/h3-13H,2H2,1H3,(H2,21,22,24). The Labute approximate surface area is 155 Å². The Morgan fingerprint density at radius 1 is 0.962 bits per heavy atom. The van der Waals surface area contributed by atoms with Crippen molar-refractivity contribution >= 4 is 34.0 Å². The van der Waals surface area contributed by atoms with Crippen LogP contribution in [0.4, 0.5) is 15.5 Å². The van der Waals surface area contributed by atoms with Gasteiger partial charge in [-0.25, -0.2) is 9.59 Å². The SMILES string of the molecule is CCOC(=O)c1c(-c2ccccc2)csc1NC(=O)Nc1ccccc1. The molecule has 0 aliphatic heterocycles. The first-order valence-corrected chi connectivity index (χ1v) is 9.04. The molecule has 2 aromatic carbocycles. The molecule has 0 bridgehead atoms. The normalized spacial score (nSPS) is 10.2. The van der Waals surface area contributed by atoms with Crippen LogP contribution in [-0.2, 0) is 4.74 Å². The smallest absolute Gasteiger partial charge is 0.341 e. The van der Waals surface area contributed by atoms with Crippen molar-refractivity contribution in [2.24, 2.45) is 0 Å². The number of hydrogen-bond acceptors (Lipinski definition) is 4. The van der Waals surface area contributed by atoms with Gasteiger partial charge in [0.1, 0.15) is 10.6 Å². The lowest BCUT2D eigenvalue weighted by atomic mass is 10.0. The fourth-order valence-electron chi connectivity index (χ4n) is 2.47. The molecule has 1 aromatic heterocycles. The van der Waals surface area contributed by atoms with E-state index in [2.05, 4.69) is 10.6 Å². The summed E-state index contributed by atoms with van der Waals surface area (Å²) in [5.74, 6) is -0.456. The van der Waals surface area contributed by atoms with E-state index in [-0.39, 0.29) is 6.61 Å². The maximum Gasteiger partial charge on any atom is 0.341 e. The number of ether oxygens (including phenoxy) is 1. The predicted octanol–water partition coefficient (Wildman–Crippen LogP) is 5.24. The first-order chi connectivity index (χ1) is 12.7. The van der Waals surface area contributed by atoms with Gasteiger partial charge in [-0.05, 0) is 24.6 Å².